The second-order valence-corrected chi connectivity index (χ2v) is 8.29. The average Bonchev–Trinajstić information content (AvgIpc) is 2.84. The van der Waals surface area contributed by atoms with Crippen molar-refractivity contribution >= 4 is 22.9 Å². The van der Waals surface area contributed by atoms with Crippen molar-refractivity contribution in [2.75, 3.05) is 6.54 Å². The Morgan fingerprint density at radius 3 is 2.35 bits per heavy atom. The normalized spacial score (nSPS) is 25.1. The maximum absolute atomic E-state index is 6.06. The van der Waals surface area contributed by atoms with Gasteiger partial charge in [-0.2, -0.15) is 0 Å². The zero-order valence-corrected chi connectivity index (χ0v) is 14.6. The molecule has 0 radical (unpaired) electrons. The minimum absolute atomic E-state index is 0.628. The van der Waals surface area contributed by atoms with Gasteiger partial charge in [0, 0.05) is 10.9 Å². The van der Waals surface area contributed by atoms with Gasteiger partial charge in [-0.25, -0.2) is 0 Å². The average molecular weight is 314 g/mol. The molecule has 1 fully saturated rings. The van der Waals surface area contributed by atoms with E-state index in [4.69, 9.17) is 11.6 Å². The van der Waals surface area contributed by atoms with Crippen molar-refractivity contribution in [2.24, 2.45) is 17.8 Å². The van der Waals surface area contributed by atoms with E-state index >= 15 is 0 Å². The van der Waals surface area contributed by atoms with E-state index in [0.717, 1.165) is 35.1 Å². The van der Waals surface area contributed by atoms with E-state index in [-0.39, 0.29) is 0 Å². The molecule has 1 nitrogen and oxygen atoms in total. The topological polar surface area (TPSA) is 12.0 Å². The summed E-state index contributed by atoms with van der Waals surface area (Å²) in [6, 6.07) is 4.85. The van der Waals surface area contributed by atoms with E-state index in [1.807, 2.05) is 6.07 Å². The zero-order chi connectivity index (χ0) is 14.5. The van der Waals surface area contributed by atoms with E-state index in [9.17, 15) is 0 Å². The fourth-order valence-corrected chi connectivity index (χ4v) is 4.71. The molecule has 1 aliphatic rings. The van der Waals surface area contributed by atoms with E-state index in [2.05, 4.69) is 32.2 Å². The van der Waals surface area contributed by atoms with Gasteiger partial charge >= 0.3 is 0 Å². The quantitative estimate of drug-likeness (QED) is 0.743. The molecular weight excluding hydrogens is 286 g/mol. The van der Waals surface area contributed by atoms with Gasteiger partial charge in [-0.15, -0.1) is 11.3 Å². The predicted molar refractivity (Wildman–Crippen MR) is 90.8 cm³/mol. The molecule has 1 unspecified atom stereocenters. The number of hydrogen-bond donors (Lipinski definition) is 1. The lowest BCUT2D eigenvalue weighted by molar-refractivity contribution is 0.189. The largest absolute Gasteiger partial charge is 0.314 e. The Labute approximate surface area is 133 Å². The number of rotatable bonds is 6. The van der Waals surface area contributed by atoms with Crippen LogP contribution in [0.2, 0.25) is 4.34 Å². The Kier molecular flexibility index (Phi) is 6.38. The van der Waals surface area contributed by atoms with E-state index in [0.29, 0.717) is 6.04 Å². The highest BCUT2D eigenvalue weighted by molar-refractivity contribution is 7.16. The fraction of sp³-hybridized carbons (Fsp3) is 0.765. The molecule has 0 aromatic carbocycles. The summed E-state index contributed by atoms with van der Waals surface area (Å²) in [7, 11) is 0. The molecule has 0 amide bonds. The van der Waals surface area contributed by atoms with Gasteiger partial charge in [-0.05, 0) is 68.5 Å². The Bertz CT molecular complexity index is 393. The Hall–Kier alpha value is -0.0500. The van der Waals surface area contributed by atoms with Crippen molar-refractivity contribution in [3.8, 4) is 0 Å². The van der Waals surface area contributed by atoms with Crippen molar-refractivity contribution in [1.29, 1.82) is 0 Å². The summed E-state index contributed by atoms with van der Waals surface area (Å²) in [5.41, 5.74) is 0. The molecule has 0 spiro atoms. The molecule has 1 aromatic heterocycles. The van der Waals surface area contributed by atoms with Gasteiger partial charge in [-0.1, -0.05) is 32.4 Å². The lowest BCUT2D eigenvalue weighted by atomic mass is 9.74. The minimum Gasteiger partial charge on any atom is -0.314 e. The van der Waals surface area contributed by atoms with Crippen LogP contribution in [0.4, 0.5) is 0 Å². The van der Waals surface area contributed by atoms with Gasteiger partial charge < -0.3 is 5.32 Å². The highest BCUT2D eigenvalue weighted by atomic mass is 35.5. The smallest absolute Gasteiger partial charge is 0.0931 e. The van der Waals surface area contributed by atoms with Crippen LogP contribution in [-0.2, 0) is 6.42 Å². The molecule has 0 aliphatic heterocycles. The molecule has 3 heteroatoms. The highest BCUT2D eigenvalue weighted by Crippen LogP contribution is 2.36. The SMILES string of the molecule is CCNC(Cc1ccc(Cl)s1)C1CCC(C(C)C)CC1. The first-order chi connectivity index (χ1) is 9.60. The lowest BCUT2D eigenvalue weighted by Gasteiger charge is -2.35. The Morgan fingerprint density at radius 1 is 1.20 bits per heavy atom. The molecular formula is C17H28ClNS. The number of nitrogens with one attached hydrogen (secondary N) is 1. The van der Waals surface area contributed by atoms with E-state index in [1.54, 1.807) is 11.3 Å². The van der Waals surface area contributed by atoms with Crippen LogP contribution in [0.15, 0.2) is 12.1 Å². The van der Waals surface area contributed by atoms with Crippen LogP contribution in [0.5, 0.6) is 0 Å². The van der Waals surface area contributed by atoms with E-state index in [1.165, 1.54) is 30.6 Å². The molecule has 0 saturated heterocycles. The molecule has 1 atom stereocenters. The summed E-state index contributed by atoms with van der Waals surface area (Å²) in [4.78, 5) is 1.42. The maximum atomic E-state index is 6.06. The van der Waals surface area contributed by atoms with Gasteiger partial charge in [0.15, 0.2) is 0 Å². The molecule has 0 bridgehead atoms. The van der Waals surface area contributed by atoms with Crippen LogP contribution in [-0.4, -0.2) is 12.6 Å². The first-order valence-electron chi connectivity index (χ1n) is 8.07. The summed E-state index contributed by atoms with van der Waals surface area (Å²) in [6.45, 7) is 8.03. The van der Waals surface area contributed by atoms with Crippen molar-refractivity contribution < 1.29 is 0 Å². The summed E-state index contributed by atoms with van der Waals surface area (Å²) >= 11 is 7.80. The number of halogens is 1. The molecule has 1 aromatic rings. The molecule has 1 N–H and O–H groups in total. The maximum Gasteiger partial charge on any atom is 0.0931 e. The summed E-state index contributed by atoms with van der Waals surface area (Å²) in [6.07, 6.45) is 6.74. The summed E-state index contributed by atoms with van der Waals surface area (Å²) < 4.78 is 0.916. The first kappa shape index (κ1) is 16.3. The third-order valence-corrected chi connectivity index (χ3v) is 6.10. The van der Waals surface area contributed by atoms with Crippen molar-refractivity contribution in [3.63, 3.8) is 0 Å². The van der Waals surface area contributed by atoms with Gasteiger partial charge in [0.2, 0.25) is 0 Å². The monoisotopic (exact) mass is 313 g/mol. The third-order valence-electron chi connectivity index (χ3n) is 4.84. The number of thiophene rings is 1. The van der Waals surface area contributed by atoms with Crippen LogP contribution in [0.3, 0.4) is 0 Å². The van der Waals surface area contributed by atoms with Crippen molar-refractivity contribution in [2.45, 2.75) is 58.9 Å². The second-order valence-electron chi connectivity index (χ2n) is 6.49. The first-order valence-corrected chi connectivity index (χ1v) is 9.27. The molecule has 2 rings (SSSR count). The minimum atomic E-state index is 0.628. The van der Waals surface area contributed by atoms with Crippen molar-refractivity contribution in [3.05, 3.63) is 21.3 Å². The van der Waals surface area contributed by atoms with E-state index < -0.39 is 0 Å². The third kappa shape index (κ3) is 4.47. The van der Waals surface area contributed by atoms with Gasteiger partial charge in [-0.3, -0.25) is 0 Å². The van der Waals surface area contributed by atoms with Gasteiger partial charge in [0.1, 0.15) is 0 Å². The van der Waals surface area contributed by atoms with Crippen LogP contribution >= 0.6 is 22.9 Å². The molecule has 1 saturated carbocycles. The van der Waals surface area contributed by atoms with Crippen LogP contribution in [0, 0.1) is 17.8 Å². The Balaban J connectivity index is 1.92. The molecule has 1 aliphatic carbocycles. The molecule has 20 heavy (non-hydrogen) atoms. The van der Waals surface area contributed by atoms with Gasteiger partial charge in [0.05, 0.1) is 4.34 Å². The van der Waals surface area contributed by atoms with Crippen LogP contribution < -0.4 is 5.32 Å². The van der Waals surface area contributed by atoms with Gasteiger partial charge in [0.25, 0.3) is 0 Å². The Morgan fingerprint density at radius 2 is 1.85 bits per heavy atom. The number of hydrogen-bond acceptors (Lipinski definition) is 2. The fourth-order valence-electron chi connectivity index (χ4n) is 3.56. The summed E-state index contributed by atoms with van der Waals surface area (Å²) in [5.74, 6) is 2.64. The van der Waals surface area contributed by atoms with Crippen molar-refractivity contribution in [1.82, 2.24) is 5.32 Å². The second kappa shape index (κ2) is 7.82. The zero-order valence-electron chi connectivity index (χ0n) is 13.0. The molecule has 1 heterocycles. The predicted octanol–water partition coefficient (Wildman–Crippen LogP) is 5.38. The molecule has 114 valence electrons. The van der Waals surface area contributed by atoms with Crippen LogP contribution in [0.25, 0.3) is 0 Å². The lowest BCUT2D eigenvalue weighted by Crippen LogP contribution is -2.40. The van der Waals surface area contributed by atoms with Crippen LogP contribution in [0.1, 0.15) is 51.3 Å². The number of likely N-dealkylation sites (N-methyl/N-ethyl adjacent to an activating group) is 1. The highest BCUT2D eigenvalue weighted by Gasteiger charge is 2.28. The standard InChI is InChI=1S/C17H28ClNS/c1-4-19-16(11-15-9-10-17(18)20-15)14-7-5-13(6-8-14)12(2)3/h9-10,12-14,16,19H,4-8,11H2,1-3H3. The summed E-state index contributed by atoms with van der Waals surface area (Å²) in [5, 5.41) is 3.72.